The number of nitrogens with zero attached hydrogens (tertiary/aromatic N) is 1. The minimum absolute atomic E-state index is 0.151. The first-order valence-electron chi connectivity index (χ1n) is 3.84. The molecule has 0 fully saturated rings. The Bertz CT molecular complexity index is 310. The van der Waals surface area contributed by atoms with E-state index in [1.807, 2.05) is 0 Å². The van der Waals surface area contributed by atoms with Crippen LogP contribution in [0.15, 0.2) is 23.3 Å². The molecule has 0 aliphatic carbocycles. The van der Waals surface area contributed by atoms with Crippen LogP contribution in [-0.2, 0) is 0 Å². The normalized spacial score (nSPS) is 10.3. The van der Waals surface area contributed by atoms with Gasteiger partial charge in [0.25, 0.3) is 0 Å². The van der Waals surface area contributed by atoms with E-state index in [1.165, 1.54) is 12.3 Å². The van der Waals surface area contributed by atoms with Gasteiger partial charge in [-0.3, -0.25) is 0 Å². The molecule has 0 saturated heterocycles. The molecule has 0 aliphatic heterocycles. The lowest BCUT2D eigenvalue weighted by Gasteiger charge is -2.02. The van der Waals surface area contributed by atoms with Crippen LogP contribution in [0.5, 0.6) is 11.5 Å². The summed E-state index contributed by atoms with van der Waals surface area (Å²) in [5, 5.41) is 13.2. The third kappa shape index (κ3) is 2.37. The molecule has 1 aromatic carbocycles. The average Bonchev–Trinajstić information content (AvgIpc) is 2.16. The third-order valence-corrected chi connectivity index (χ3v) is 1.57. The van der Waals surface area contributed by atoms with E-state index in [0.29, 0.717) is 11.3 Å². The lowest BCUT2D eigenvalue weighted by molar-refractivity contribution is 0.407. The number of benzene rings is 1. The first-order valence-corrected chi connectivity index (χ1v) is 3.84. The van der Waals surface area contributed by atoms with Gasteiger partial charge in [0.2, 0.25) is 0 Å². The smallest absolute Gasteiger partial charge is 0.128 e. The predicted molar refractivity (Wildman–Crippen MR) is 51.3 cm³/mol. The average molecular weight is 180 g/mol. The van der Waals surface area contributed by atoms with Crippen LogP contribution in [-0.4, -0.2) is 25.5 Å². The maximum atomic E-state index is 9.45. The zero-order valence-corrected chi connectivity index (χ0v) is 7.61. The predicted octanol–water partition coefficient (Wildman–Crippen LogP) is 0.954. The summed E-state index contributed by atoms with van der Waals surface area (Å²) >= 11 is 0. The Morgan fingerprint density at radius 2 is 2.31 bits per heavy atom. The molecule has 1 aromatic rings. The van der Waals surface area contributed by atoms with Gasteiger partial charge in [-0.05, 0) is 12.1 Å². The van der Waals surface area contributed by atoms with E-state index in [0.717, 1.165) is 0 Å². The fraction of sp³-hybridized carbons (Fsp3) is 0.222. The van der Waals surface area contributed by atoms with Crippen LogP contribution >= 0.6 is 0 Å². The van der Waals surface area contributed by atoms with Crippen molar-refractivity contribution in [2.24, 2.45) is 5.10 Å². The van der Waals surface area contributed by atoms with E-state index in [9.17, 15) is 5.11 Å². The van der Waals surface area contributed by atoms with Gasteiger partial charge in [0.05, 0.1) is 13.3 Å². The summed E-state index contributed by atoms with van der Waals surface area (Å²) in [5.74, 6) is 0.775. The van der Waals surface area contributed by atoms with Gasteiger partial charge in [0.1, 0.15) is 11.5 Å². The highest BCUT2D eigenvalue weighted by Crippen LogP contribution is 2.21. The zero-order chi connectivity index (χ0) is 9.68. The minimum atomic E-state index is 0.151. The number of phenols is 1. The number of methoxy groups -OCH3 is 1. The van der Waals surface area contributed by atoms with Gasteiger partial charge in [-0.2, -0.15) is 5.10 Å². The maximum Gasteiger partial charge on any atom is 0.128 e. The quantitative estimate of drug-likeness (QED) is 0.538. The number of hydrogen-bond donors (Lipinski definition) is 2. The number of ether oxygens (including phenoxy) is 1. The van der Waals surface area contributed by atoms with Gasteiger partial charge in [-0.1, -0.05) is 0 Å². The molecule has 0 aliphatic rings. The molecule has 0 bridgehead atoms. The highest BCUT2D eigenvalue weighted by atomic mass is 16.5. The monoisotopic (exact) mass is 180 g/mol. The van der Waals surface area contributed by atoms with E-state index >= 15 is 0 Å². The van der Waals surface area contributed by atoms with Gasteiger partial charge in [-0.25, -0.2) is 0 Å². The van der Waals surface area contributed by atoms with Gasteiger partial charge in [-0.15, -0.1) is 0 Å². The molecule has 0 saturated carbocycles. The molecule has 1 rings (SSSR count). The summed E-state index contributed by atoms with van der Waals surface area (Å²) < 4.78 is 4.93. The van der Waals surface area contributed by atoms with Gasteiger partial charge in [0.15, 0.2) is 0 Å². The second-order valence-corrected chi connectivity index (χ2v) is 2.41. The molecular formula is C9H12N2O2. The molecule has 4 heteroatoms. The van der Waals surface area contributed by atoms with Gasteiger partial charge in [0, 0.05) is 18.7 Å². The van der Waals surface area contributed by atoms with Crippen molar-refractivity contribution in [3.8, 4) is 11.5 Å². The standard InChI is InChI=1S/C9H12N2O2/c1-10-11-6-7-3-4-8(13-2)5-9(7)12/h3-6,10,12H,1-2H3. The highest BCUT2D eigenvalue weighted by molar-refractivity contribution is 5.83. The second kappa shape index (κ2) is 4.35. The largest absolute Gasteiger partial charge is 0.507 e. The van der Waals surface area contributed by atoms with Crippen LogP contribution in [0.3, 0.4) is 0 Å². The molecule has 70 valence electrons. The van der Waals surface area contributed by atoms with Crippen molar-refractivity contribution in [2.45, 2.75) is 0 Å². The SMILES string of the molecule is CNN=Cc1ccc(OC)cc1O. The topological polar surface area (TPSA) is 53.9 Å². The summed E-state index contributed by atoms with van der Waals surface area (Å²) in [6, 6.07) is 5.03. The summed E-state index contributed by atoms with van der Waals surface area (Å²) in [7, 11) is 3.24. The number of hydrazone groups is 1. The lowest BCUT2D eigenvalue weighted by atomic mass is 10.2. The van der Waals surface area contributed by atoms with Crippen molar-refractivity contribution in [3.05, 3.63) is 23.8 Å². The Kier molecular flexibility index (Phi) is 3.14. The van der Waals surface area contributed by atoms with E-state index in [-0.39, 0.29) is 5.75 Å². The molecular weight excluding hydrogens is 168 g/mol. The van der Waals surface area contributed by atoms with Crippen LogP contribution in [0.1, 0.15) is 5.56 Å². The number of nitrogens with one attached hydrogen (secondary N) is 1. The van der Waals surface area contributed by atoms with E-state index in [4.69, 9.17) is 4.74 Å². The zero-order valence-electron chi connectivity index (χ0n) is 7.61. The Balaban J connectivity index is 2.91. The maximum absolute atomic E-state index is 9.45. The minimum Gasteiger partial charge on any atom is -0.507 e. The first-order chi connectivity index (χ1) is 6.27. The number of hydrogen-bond acceptors (Lipinski definition) is 4. The number of aromatic hydroxyl groups is 1. The summed E-state index contributed by atoms with van der Waals surface area (Å²) in [6.45, 7) is 0. The highest BCUT2D eigenvalue weighted by Gasteiger charge is 1.99. The Morgan fingerprint density at radius 3 is 2.85 bits per heavy atom. The van der Waals surface area contributed by atoms with Crippen molar-refractivity contribution >= 4 is 6.21 Å². The Hall–Kier alpha value is -1.71. The molecule has 2 N–H and O–H groups in total. The van der Waals surface area contributed by atoms with Crippen LogP contribution in [0, 0.1) is 0 Å². The van der Waals surface area contributed by atoms with Crippen molar-refractivity contribution in [1.29, 1.82) is 0 Å². The molecule has 0 unspecified atom stereocenters. The molecule has 13 heavy (non-hydrogen) atoms. The fourth-order valence-electron chi connectivity index (χ4n) is 0.894. The molecule has 0 heterocycles. The van der Waals surface area contributed by atoms with Crippen molar-refractivity contribution < 1.29 is 9.84 Å². The summed E-state index contributed by atoms with van der Waals surface area (Å²) in [6.07, 6.45) is 1.54. The van der Waals surface area contributed by atoms with Crippen LogP contribution < -0.4 is 10.2 Å². The Morgan fingerprint density at radius 1 is 1.54 bits per heavy atom. The van der Waals surface area contributed by atoms with Crippen molar-refractivity contribution in [2.75, 3.05) is 14.2 Å². The van der Waals surface area contributed by atoms with E-state index < -0.39 is 0 Å². The molecule has 0 amide bonds. The molecule has 0 spiro atoms. The molecule has 0 aromatic heterocycles. The first kappa shape index (κ1) is 9.38. The lowest BCUT2D eigenvalue weighted by Crippen LogP contribution is -1.95. The van der Waals surface area contributed by atoms with Crippen molar-refractivity contribution in [1.82, 2.24) is 5.43 Å². The third-order valence-electron chi connectivity index (χ3n) is 1.57. The van der Waals surface area contributed by atoms with Crippen LogP contribution in [0.4, 0.5) is 0 Å². The summed E-state index contributed by atoms with van der Waals surface area (Å²) in [4.78, 5) is 0. The van der Waals surface area contributed by atoms with E-state index in [1.54, 1.807) is 26.3 Å². The molecule has 0 radical (unpaired) electrons. The molecule has 0 atom stereocenters. The van der Waals surface area contributed by atoms with E-state index in [2.05, 4.69) is 10.5 Å². The second-order valence-electron chi connectivity index (χ2n) is 2.41. The number of phenolic OH excluding ortho intramolecular Hbond substituents is 1. The number of rotatable bonds is 3. The van der Waals surface area contributed by atoms with Gasteiger partial charge >= 0.3 is 0 Å². The van der Waals surface area contributed by atoms with Crippen LogP contribution in [0.25, 0.3) is 0 Å². The molecule has 4 nitrogen and oxygen atoms in total. The van der Waals surface area contributed by atoms with Crippen LogP contribution in [0.2, 0.25) is 0 Å². The van der Waals surface area contributed by atoms with Crippen molar-refractivity contribution in [3.63, 3.8) is 0 Å². The fourth-order valence-corrected chi connectivity index (χ4v) is 0.894. The Labute approximate surface area is 76.8 Å². The van der Waals surface area contributed by atoms with Gasteiger partial charge < -0.3 is 15.3 Å². The summed E-state index contributed by atoms with van der Waals surface area (Å²) in [5.41, 5.74) is 3.25.